The molecule has 1 aliphatic heterocycles. The number of ether oxygens (including phenoxy) is 2. The van der Waals surface area contributed by atoms with Crippen LogP contribution in [0.1, 0.15) is 41.6 Å². The van der Waals surface area contributed by atoms with Crippen LogP contribution in [0.3, 0.4) is 0 Å². The molecule has 1 aliphatic rings. The lowest BCUT2D eigenvalue weighted by atomic mass is 9.97. The SMILES string of the molecule is COc1cc(C2c3c(oc4ccc(Cl)cc4c3=O)C(=O)N2c2cccc(Br)c2)ccc1OCC(C)C. The number of anilines is 1. The summed E-state index contributed by atoms with van der Waals surface area (Å²) in [6, 6.07) is 16.9. The van der Waals surface area contributed by atoms with E-state index in [2.05, 4.69) is 29.8 Å². The number of carbonyl (C=O) groups is 1. The van der Waals surface area contributed by atoms with Crippen molar-refractivity contribution in [2.45, 2.75) is 19.9 Å². The van der Waals surface area contributed by atoms with Gasteiger partial charge in [-0.2, -0.15) is 0 Å². The number of fused-ring (bicyclic) bond motifs is 2. The number of nitrogens with zero attached hydrogens (tertiary/aromatic N) is 1. The first-order chi connectivity index (χ1) is 17.3. The van der Waals surface area contributed by atoms with Crippen LogP contribution < -0.4 is 19.8 Å². The van der Waals surface area contributed by atoms with Gasteiger partial charge in [0, 0.05) is 15.2 Å². The van der Waals surface area contributed by atoms with Crippen LogP contribution in [0.5, 0.6) is 11.5 Å². The first kappa shape index (κ1) is 24.4. The summed E-state index contributed by atoms with van der Waals surface area (Å²) in [5.74, 6) is 1.05. The van der Waals surface area contributed by atoms with Crippen molar-refractivity contribution >= 4 is 50.1 Å². The van der Waals surface area contributed by atoms with E-state index in [1.165, 1.54) is 0 Å². The van der Waals surface area contributed by atoms with E-state index < -0.39 is 11.9 Å². The van der Waals surface area contributed by atoms with E-state index in [1.807, 2.05) is 30.3 Å². The van der Waals surface area contributed by atoms with Crippen LogP contribution in [0.25, 0.3) is 11.0 Å². The van der Waals surface area contributed by atoms with E-state index in [9.17, 15) is 9.59 Å². The van der Waals surface area contributed by atoms with Crippen LogP contribution >= 0.6 is 27.5 Å². The van der Waals surface area contributed by atoms with Gasteiger partial charge in [0.05, 0.1) is 30.7 Å². The molecule has 1 amide bonds. The fourth-order valence-corrected chi connectivity index (χ4v) is 4.94. The lowest BCUT2D eigenvalue weighted by Gasteiger charge is -2.26. The molecule has 184 valence electrons. The van der Waals surface area contributed by atoms with E-state index in [1.54, 1.807) is 42.3 Å². The van der Waals surface area contributed by atoms with Crippen molar-refractivity contribution in [3.8, 4) is 11.5 Å². The molecular weight excluding hydrogens is 546 g/mol. The molecule has 3 aromatic carbocycles. The Hall–Kier alpha value is -3.29. The van der Waals surface area contributed by atoms with Gasteiger partial charge >= 0.3 is 0 Å². The summed E-state index contributed by atoms with van der Waals surface area (Å²) in [5.41, 5.74) is 1.56. The monoisotopic (exact) mass is 567 g/mol. The number of rotatable bonds is 6. The second-order valence-corrected chi connectivity index (χ2v) is 10.3. The van der Waals surface area contributed by atoms with E-state index in [-0.39, 0.29) is 16.8 Å². The molecule has 2 heterocycles. The summed E-state index contributed by atoms with van der Waals surface area (Å²) >= 11 is 9.67. The zero-order valence-corrected chi connectivity index (χ0v) is 22.2. The van der Waals surface area contributed by atoms with E-state index in [0.717, 1.165) is 4.47 Å². The molecule has 1 aromatic heterocycles. The Bertz CT molecular complexity index is 1550. The molecule has 0 aliphatic carbocycles. The molecule has 1 atom stereocenters. The lowest BCUT2D eigenvalue weighted by molar-refractivity contribution is 0.0971. The van der Waals surface area contributed by atoms with Crippen molar-refractivity contribution in [3.63, 3.8) is 0 Å². The average molecular weight is 569 g/mol. The molecule has 0 bridgehead atoms. The van der Waals surface area contributed by atoms with Crippen molar-refractivity contribution in [1.29, 1.82) is 0 Å². The molecule has 1 unspecified atom stereocenters. The summed E-state index contributed by atoms with van der Waals surface area (Å²) in [4.78, 5) is 29.1. The molecule has 0 N–H and O–H groups in total. The molecule has 36 heavy (non-hydrogen) atoms. The van der Waals surface area contributed by atoms with E-state index in [4.69, 9.17) is 25.5 Å². The minimum atomic E-state index is -0.741. The number of hydrogen-bond donors (Lipinski definition) is 0. The number of hydrogen-bond acceptors (Lipinski definition) is 5. The highest BCUT2D eigenvalue weighted by atomic mass is 79.9. The van der Waals surface area contributed by atoms with Gasteiger partial charge in [-0.25, -0.2) is 0 Å². The van der Waals surface area contributed by atoms with Crippen molar-refractivity contribution in [2.75, 3.05) is 18.6 Å². The van der Waals surface area contributed by atoms with Crippen molar-refractivity contribution < 1.29 is 18.7 Å². The average Bonchev–Trinajstić information content (AvgIpc) is 3.15. The van der Waals surface area contributed by atoms with Crippen LogP contribution in [0, 0.1) is 5.92 Å². The van der Waals surface area contributed by atoms with Crippen molar-refractivity contribution in [3.05, 3.63) is 97.3 Å². The van der Waals surface area contributed by atoms with Gasteiger partial charge in [0.25, 0.3) is 5.91 Å². The summed E-state index contributed by atoms with van der Waals surface area (Å²) in [5, 5.41) is 0.729. The Kier molecular flexibility index (Phi) is 6.53. The van der Waals surface area contributed by atoms with Gasteiger partial charge in [-0.15, -0.1) is 0 Å². The van der Waals surface area contributed by atoms with E-state index in [0.29, 0.717) is 51.3 Å². The largest absolute Gasteiger partial charge is 0.493 e. The summed E-state index contributed by atoms with van der Waals surface area (Å²) in [6.07, 6.45) is 0. The highest BCUT2D eigenvalue weighted by Crippen LogP contribution is 2.43. The van der Waals surface area contributed by atoms with Gasteiger partial charge in [0.1, 0.15) is 5.58 Å². The Labute approximate surface area is 221 Å². The lowest BCUT2D eigenvalue weighted by Crippen LogP contribution is -2.29. The maximum Gasteiger partial charge on any atom is 0.295 e. The topological polar surface area (TPSA) is 69.0 Å². The maximum atomic E-state index is 13.8. The second kappa shape index (κ2) is 9.64. The highest BCUT2D eigenvalue weighted by molar-refractivity contribution is 9.10. The standard InChI is InChI=1S/C28H23BrClNO5/c1-15(2)14-35-22-9-7-16(11-23(22)34-3)25-24-26(32)20-13-18(30)8-10-21(20)36-27(24)28(33)31(25)19-6-4-5-17(29)12-19/h4-13,15,25H,14H2,1-3H3. The third-order valence-corrected chi connectivity index (χ3v) is 6.72. The number of amides is 1. The molecule has 5 rings (SSSR count). The minimum Gasteiger partial charge on any atom is -0.493 e. The molecule has 0 saturated carbocycles. The summed E-state index contributed by atoms with van der Waals surface area (Å²) in [7, 11) is 1.56. The first-order valence-electron chi connectivity index (χ1n) is 11.4. The van der Waals surface area contributed by atoms with Crippen molar-refractivity contribution in [2.24, 2.45) is 5.92 Å². The van der Waals surface area contributed by atoms with Gasteiger partial charge in [-0.05, 0) is 60.0 Å². The first-order valence-corrected chi connectivity index (χ1v) is 12.6. The van der Waals surface area contributed by atoms with Gasteiger partial charge in [-0.3, -0.25) is 14.5 Å². The zero-order valence-electron chi connectivity index (χ0n) is 19.9. The van der Waals surface area contributed by atoms with E-state index >= 15 is 0 Å². The fraction of sp³-hybridized carbons (Fsp3) is 0.214. The van der Waals surface area contributed by atoms with Gasteiger partial charge < -0.3 is 13.9 Å². The second-order valence-electron chi connectivity index (χ2n) is 8.99. The van der Waals surface area contributed by atoms with Gasteiger partial charge in [0.15, 0.2) is 16.9 Å². The molecule has 8 heteroatoms. The Morgan fingerprint density at radius 1 is 1.06 bits per heavy atom. The minimum absolute atomic E-state index is 0.0129. The Balaban J connectivity index is 1.74. The number of halogens is 2. The summed E-state index contributed by atoms with van der Waals surface area (Å²) in [6.45, 7) is 4.65. The van der Waals surface area contributed by atoms with Crippen LogP contribution in [0.2, 0.25) is 5.02 Å². The Morgan fingerprint density at radius 2 is 1.86 bits per heavy atom. The number of carbonyl (C=O) groups excluding carboxylic acids is 1. The molecule has 0 spiro atoms. The predicted octanol–water partition coefficient (Wildman–Crippen LogP) is 7.00. The fourth-order valence-electron chi connectivity index (χ4n) is 4.38. The normalized spacial score (nSPS) is 15.0. The van der Waals surface area contributed by atoms with Crippen molar-refractivity contribution in [1.82, 2.24) is 0 Å². The smallest absolute Gasteiger partial charge is 0.295 e. The van der Waals surface area contributed by atoms with Gasteiger partial charge in [-0.1, -0.05) is 53.5 Å². The van der Waals surface area contributed by atoms with Crippen LogP contribution in [0.4, 0.5) is 5.69 Å². The van der Waals surface area contributed by atoms with Crippen LogP contribution in [-0.2, 0) is 0 Å². The predicted molar refractivity (Wildman–Crippen MR) is 144 cm³/mol. The van der Waals surface area contributed by atoms with Crippen LogP contribution in [-0.4, -0.2) is 19.6 Å². The number of methoxy groups -OCH3 is 1. The Morgan fingerprint density at radius 3 is 2.58 bits per heavy atom. The maximum absolute atomic E-state index is 13.8. The molecule has 0 saturated heterocycles. The van der Waals surface area contributed by atoms with Crippen LogP contribution in [0.15, 0.2) is 74.3 Å². The molecule has 0 radical (unpaired) electrons. The summed E-state index contributed by atoms with van der Waals surface area (Å²) < 4.78 is 18.3. The third kappa shape index (κ3) is 4.27. The molecule has 0 fully saturated rings. The molecule has 4 aromatic rings. The number of benzene rings is 3. The molecule has 6 nitrogen and oxygen atoms in total. The zero-order chi connectivity index (χ0) is 25.6. The molecular formula is C28H23BrClNO5. The van der Waals surface area contributed by atoms with Gasteiger partial charge in [0.2, 0.25) is 5.76 Å². The third-order valence-electron chi connectivity index (χ3n) is 5.99. The quantitative estimate of drug-likeness (QED) is 0.250. The highest BCUT2D eigenvalue weighted by Gasteiger charge is 2.44.